The summed E-state index contributed by atoms with van der Waals surface area (Å²) >= 11 is 1.53. The summed E-state index contributed by atoms with van der Waals surface area (Å²) < 4.78 is 0. The van der Waals surface area contributed by atoms with Crippen LogP contribution in [0.5, 0.6) is 0 Å². The van der Waals surface area contributed by atoms with Crippen molar-refractivity contribution in [3.8, 4) is 10.7 Å². The minimum Gasteiger partial charge on any atom is -0.396 e. The molecular formula is C11H15N5O2S. The van der Waals surface area contributed by atoms with Gasteiger partial charge in [-0.25, -0.2) is 0 Å². The number of carbonyl (C=O) groups is 1. The lowest BCUT2D eigenvalue weighted by molar-refractivity contribution is -0.122. The van der Waals surface area contributed by atoms with E-state index in [1.165, 1.54) is 16.1 Å². The molecule has 0 unspecified atom stereocenters. The molecule has 0 aliphatic heterocycles. The van der Waals surface area contributed by atoms with E-state index < -0.39 is 0 Å². The zero-order chi connectivity index (χ0) is 13.5. The van der Waals surface area contributed by atoms with Crippen LogP contribution in [0, 0.1) is 0 Å². The van der Waals surface area contributed by atoms with Crippen LogP contribution < -0.4 is 5.32 Å². The first-order valence-corrected chi connectivity index (χ1v) is 6.87. The third kappa shape index (κ3) is 4.11. The lowest BCUT2D eigenvalue weighted by atomic mass is 10.3. The van der Waals surface area contributed by atoms with Gasteiger partial charge in [0.05, 0.1) is 4.88 Å². The van der Waals surface area contributed by atoms with Gasteiger partial charge in [0.25, 0.3) is 0 Å². The van der Waals surface area contributed by atoms with Gasteiger partial charge < -0.3 is 10.4 Å². The fourth-order valence-electron chi connectivity index (χ4n) is 1.46. The number of hydrogen-bond donors (Lipinski definition) is 2. The number of nitrogens with one attached hydrogen (secondary N) is 1. The van der Waals surface area contributed by atoms with Gasteiger partial charge in [0.1, 0.15) is 6.54 Å². The van der Waals surface area contributed by atoms with Gasteiger partial charge in [0, 0.05) is 13.2 Å². The highest BCUT2D eigenvalue weighted by molar-refractivity contribution is 7.13. The molecule has 0 saturated carbocycles. The molecule has 0 aliphatic rings. The third-order valence-electron chi connectivity index (χ3n) is 2.39. The molecule has 0 bridgehead atoms. The molecule has 19 heavy (non-hydrogen) atoms. The van der Waals surface area contributed by atoms with Crippen LogP contribution in [0.1, 0.15) is 12.8 Å². The molecule has 8 heteroatoms. The first-order valence-electron chi connectivity index (χ1n) is 5.99. The SMILES string of the molecule is O=C(Cn1nnc(-c2cccs2)n1)NCCCCO. The molecular weight excluding hydrogens is 266 g/mol. The normalized spacial score (nSPS) is 10.6. The van der Waals surface area contributed by atoms with E-state index in [-0.39, 0.29) is 19.1 Å². The summed E-state index contributed by atoms with van der Waals surface area (Å²) in [5.74, 6) is 0.371. The molecule has 0 radical (unpaired) electrons. The van der Waals surface area contributed by atoms with E-state index in [0.717, 1.165) is 11.3 Å². The topological polar surface area (TPSA) is 92.9 Å². The number of nitrogens with zero attached hydrogens (tertiary/aromatic N) is 4. The molecule has 102 valence electrons. The number of hydrogen-bond acceptors (Lipinski definition) is 6. The van der Waals surface area contributed by atoms with Crippen molar-refractivity contribution in [3.05, 3.63) is 17.5 Å². The van der Waals surface area contributed by atoms with Crippen LogP contribution in [0.15, 0.2) is 17.5 Å². The fraction of sp³-hybridized carbons (Fsp3) is 0.455. The van der Waals surface area contributed by atoms with Gasteiger partial charge in [-0.15, -0.1) is 21.5 Å². The molecule has 0 aliphatic carbocycles. The predicted molar refractivity (Wildman–Crippen MR) is 70.5 cm³/mol. The number of unbranched alkanes of at least 4 members (excludes halogenated alkanes) is 1. The highest BCUT2D eigenvalue weighted by atomic mass is 32.1. The average Bonchev–Trinajstić information content (AvgIpc) is 3.04. The monoisotopic (exact) mass is 281 g/mol. The molecule has 0 atom stereocenters. The minimum atomic E-state index is -0.159. The maximum Gasteiger partial charge on any atom is 0.243 e. The van der Waals surface area contributed by atoms with Crippen molar-refractivity contribution in [1.82, 2.24) is 25.5 Å². The summed E-state index contributed by atoms with van der Waals surface area (Å²) in [6.07, 6.45) is 1.44. The number of aromatic nitrogens is 4. The van der Waals surface area contributed by atoms with E-state index in [1.807, 2.05) is 17.5 Å². The van der Waals surface area contributed by atoms with Crippen LogP contribution in [-0.2, 0) is 11.3 Å². The van der Waals surface area contributed by atoms with Crippen LogP contribution in [0.2, 0.25) is 0 Å². The molecule has 2 N–H and O–H groups in total. The highest BCUT2D eigenvalue weighted by Gasteiger charge is 2.09. The Morgan fingerprint density at radius 1 is 1.47 bits per heavy atom. The smallest absolute Gasteiger partial charge is 0.243 e. The summed E-state index contributed by atoms with van der Waals surface area (Å²) in [5.41, 5.74) is 0. The van der Waals surface area contributed by atoms with Crippen LogP contribution in [0.3, 0.4) is 0 Å². The Kier molecular flexibility index (Phi) is 4.99. The molecule has 7 nitrogen and oxygen atoms in total. The van der Waals surface area contributed by atoms with Gasteiger partial charge in [-0.3, -0.25) is 4.79 Å². The second kappa shape index (κ2) is 6.95. The summed E-state index contributed by atoms with van der Waals surface area (Å²) in [6.45, 7) is 0.744. The van der Waals surface area contributed by atoms with Crippen LogP contribution in [0.4, 0.5) is 0 Å². The molecule has 2 heterocycles. The van der Waals surface area contributed by atoms with Gasteiger partial charge >= 0.3 is 0 Å². The van der Waals surface area contributed by atoms with Crippen molar-refractivity contribution in [2.24, 2.45) is 0 Å². The van der Waals surface area contributed by atoms with E-state index in [2.05, 4.69) is 20.7 Å². The minimum absolute atomic E-state index is 0.0531. The molecule has 0 spiro atoms. The van der Waals surface area contributed by atoms with Crippen LogP contribution in [-0.4, -0.2) is 44.4 Å². The van der Waals surface area contributed by atoms with Crippen molar-refractivity contribution >= 4 is 17.2 Å². The Bertz CT molecular complexity index is 511. The van der Waals surface area contributed by atoms with Crippen molar-refractivity contribution in [1.29, 1.82) is 0 Å². The Balaban J connectivity index is 1.81. The van der Waals surface area contributed by atoms with Gasteiger partial charge in [0.15, 0.2) is 0 Å². The molecule has 2 aromatic rings. The zero-order valence-corrected chi connectivity index (χ0v) is 11.1. The number of rotatable bonds is 7. The third-order valence-corrected chi connectivity index (χ3v) is 3.25. The van der Waals surface area contributed by atoms with Gasteiger partial charge in [-0.05, 0) is 29.5 Å². The van der Waals surface area contributed by atoms with E-state index in [1.54, 1.807) is 0 Å². The van der Waals surface area contributed by atoms with Crippen molar-refractivity contribution in [3.63, 3.8) is 0 Å². The van der Waals surface area contributed by atoms with E-state index in [0.29, 0.717) is 18.8 Å². The molecule has 1 amide bonds. The number of aliphatic hydroxyl groups excluding tert-OH is 1. The van der Waals surface area contributed by atoms with Gasteiger partial charge in [0.2, 0.25) is 11.7 Å². The maximum atomic E-state index is 11.6. The lowest BCUT2D eigenvalue weighted by Gasteiger charge is -2.02. The highest BCUT2D eigenvalue weighted by Crippen LogP contribution is 2.19. The Morgan fingerprint density at radius 3 is 3.11 bits per heavy atom. The number of carbonyl (C=O) groups excluding carboxylic acids is 1. The average molecular weight is 281 g/mol. The lowest BCUT2D eigenvalue weighted by Crippen LogP contribution is -2.29. The van der Waals surface area contributed by atoms with Crippen molar-refractivity contribution < 1.29 is 9.90 Å². The second-order valence-corrected chi connectivity index (χ2v) is 4.85. The van der Waals surface area contributed by atoms with E-state index in [4.69, 9.17) is 5.11 Å². The summed E-state index contributed by atoms with van der Waals surface area (Å²) in [6, 6.07) is 3.82. The number of thiophene rings is 1. The second-order valence-electron chi connectivity index (χ2n) is 3.90. The van der Waals surface area contributed by atoms with Gasteiger partial charge in [-0.2, -0.15) is 4.80 Å². The van der Waals surface area contributed by atoms with Crippen molar-refractivity contribution in [2.45, 2.75) is 19.4 Å². The molecule has 2 rings (SSSR count). The van der Waals surface area contributed by atoms with E-state index >= 15 is 0 Å². The maximum absolute atomic E-state index is 11.6. The summed E-state index contributed by atoms with van der Waals surface area (Å²) in [5, 5.41) is 25.2. The van der Waals surface area contributed by atoms with Crippen LogP contribution in [0.25, 0.3) is 10.7 Å². The van der Waals surface area contributed by atoms with E-state index in [9.17, 15) is 4.79 Å². The van der Waals surface area contributed by atoms with Crippen molar-refractivity contribution in [2.75, 3.05) is 13.2 Å². The number of amides is 1. The largest absolute Gasteiger partial charge is 0.396 e. The quantitative estimate of drug-likeness (QED) is 0.712. The Hall–Kier alpha value is -1.80. The summed E-state index contributed by atoms with van der Waals surface area (Å²) in [7, 11) is 0. The zero-order valence-electron chi connectivity index (χ0n) is 10.3. The first kappa shape index (κ1) is 13.6. The Morgan fingerprint density at radius 2 is 2.37 bits per heavy atom. The summed E-state index contributed by atoms with van der Waals surface area (Å²) in [4.78, 5) is 13.8. The predicted octanol–water partition coefficient (Wildman–Crippen LogP) is 0.290. The molecule has 0 fully saturated rings. The number of aliphatic hydroxyl groups is 1. The Labute approximate surface area is 114 Å². The first-order chi connectivity index (χ1) is 9.29. The molecule has 2 aromatic heterocycles. The fourth-order valence-corrected chi connectivity index (χ4v) is 2.11. The number of tetrazole rings is 1. The molecule has 0 aromatic carbocycles. The van der Waals surface area contributed by atoms with Crippen LogP contribution >= 0.6 is 11.3 Å². The standard InChI is InChI=1S/C11H15N5O2S/c17-6-2-1-5-12-10(18)8-16-14-11(13-15-16)9-4-3-7-19-9/h3-4,7,17H,1-2,5-6,8H2,(H,12,18). The molecule has 0 saturated heterocycles. The van der Waals surface area contributed by atoms with Gasteiger partial charge in [-0.1, -0.05) is 6.07 Å².